The van der Waals surface area contributed by atoms with E-state index in [9.17, 15) is 0 Å². The summed E-state index contributed by atoms with van der Waals surface area (Å²) in [6.45, 7) is 5.06. The summed E-state index contributed by atoms with van der Waals surface area (Å²) < 4.78 is 9.86. The quantitative estimate of drug-likeness (QED) is 0.464. The average Bonchev–Trinajstić information content (AvgIpc) is 2.01. The first-order valence-electron chi connectivity index (χ1n) is 3.79. The number of ether oxygens (including phenoxy) is 2. The molecule has 0 aliphatic rings. The van der Waals surface area contributed by atoms with Crippen LogP contribution in [0.2, 0.25) is 0 Å². The number of allylic oxidation sites excluding steroid dienone is 1. The van der Waals surface area contributed by atoms with Crippen molar-refractivity contribution in [2.45, 2.75) is 20.1 Å². The SMILES string of the molecule is CC=CCOC(O)COCC. The van der Waals surface area contributed by atoms with E-state index >= 15 is 0 Å². The molecule has 3 nitrogen and oxygen atoms in total. The van der Waals surface area contributed by atoms with Gasteiger partial charge in [-0.1, -0.05) is 12.2 Å². The fraction of sp³-hybridized carbons (Fsp3) is 0.750. The number of aliphatic hydroxyl groups is 1. The number of hydrogen-bond donors (Lipinski definition) is 1. The Morgan fingerprint density at radius 2 is 2.27 bits per heavy atom. The van der Waals surface area contributed by atoms with Crippen LogP contribution in [0.25, 0.3) is 0 Å². The molecule has 0 aliphatic carbocycles. The Hall–Kier alpha value is -0.380. The molecule has 0 saturated carbocycles. The van der Waals surface area contributed by atoms with Gasteiger partial charge in [0.1, 0.15) is 0 Å². The standard InChI is InChI=1S/C8H16O3/c1-3-5-6-11-8(9)7-10-4-2/h3,5,8-9H,4,6-7H2,1-2H3. The lowest BCUT2D eigenvalue weighted by Gasteiger charge is -2.09. The van der Waals surface area contributed by atoms with Crippen LogP contribution in [0.15, 0.2) is 12.2 Å². The highest BCUT2D eigenvalue weighted by atomic mass is 16.6. The molecule has 0 radical (unpaired) electrons. The minimum atomic E-state index is -0.800. The van der Waals surface area contributed by atoms with Gasteiger partial charge in [-0.25, -0.2) is 0 Å². The van der Waals surface area contributed by atoms with Crippen molar-refractivity contribution in [2.24, 2.45) is 0 Å². The predicted molar refractivity (Wildman–Crippen MR) is 43.3 cm³/mol. The van der Waals surface area contributed by atoms with E-state index in [4.69, 9.17) is 14.6 Å². The molecule has 11 heavy (non-hydrogen) atoms. The van der Waals surface area contributed by atoms with Crippen molar-refractivity contribution < 1.29 is 14.6 Å². The Balaban J connectivity index is 3.15. The zero-order valence-electron chi connectivity index (χ0n) is 7.12. The van der Waals surface area contributed by atoms with Gasteiger partial charge < -0.3 is 14.6 Å². The van der Waals surface area contributed by atoms with Gasteiger partial charge in [-0.15, -0.1) is 0 Å². The minimum Gasteiger partial charge on any atom is -0.376 e. The second kappa shape index (κ2) is 7.72. The maximum Gasteiger partial charge on any atom is 0.178 e. The van der Waals surface area contributed by atoms with E-state index in [0.717, 1.165) is 0 Å². The second-order valence-electron chi connectivity index (χ2n) is 2.02. The number of hydrogen-bond acceptors (Lipinski definition) is 3. The molecule has 0 aromatic rings. The van der Waals surface area contributed by atoms with Gasteiger partial charge in [0.05, 0.1) is 13.2 Å². The van der Waals surface area contributed by atoms with E-state index in [1.807, 2.05) is 26.0 Å². The summed E-state index contributed by atoms with van der Waals surface area (Å²) >= 11 is 0. The summed E-state index contributed by atoms with van der Waals surface area (Å²) in [5.41, 5.74) is 0. The van der Waals surface area contributed by atoms with E-state index in [1.165, 1.54) is 0 Å². The zero-order chi connectivity index (χ0) is 8.53. The van der Waals surface area contributed by atoms with Gasteiger partial charge in [-0.05, 0) is 13.8 Å². The van der Waals surface area contributed by atoms with E-state index in [2.05, 4.69) is 0 Å². The maximum absolute atomic E-state index is 9.03. The van der Waals surface area contributed by atoms with Crippen molar-refractivity contribution in [3.63, 3.8) is 0 Å². The third kappa shape index (κ3) is 7.52. The molecular formula is C8H16O3. The molecule has 0 heterocycles. The fourth-order valence-electron chi connectivity index (χ4n) is 0.530. The van der Waals surface area contributed by atoms with Gasteiger partial charge in [-0.3, -0.25) is 0 Å². The molecule has 0 aliphatic heterocycles. The normalized spacial score (nSPS) is 14.1. The molecule has 0 spiro atoms. The van der Waals surface area contributed by atoms with Gasteiger partial charge in [0.15, 0.2) is 6.29 Å². The van der Waals surface area contributed by atoms with Crippen LogP contribution in [0.5, 0.6) is 0 Å². The van der Waals surface area contributed by atoms with Crippen LogP contribution in [-0.2, 0) is 9.47 Å². The van der Waals surface area contributed by atoms with Crippen LogP contribution >= 0.6 is 0 Å². The van der Waals surface area contributed by atoms with Crippen LogP contribution in [0.4, 0.5) is 0 Å². The highest BCUT2D eigenvalue weighted by Gasteiger charge is 2.00. The zero-order valence-corrected chi connectivity index (χ0v) is 7.12. The molecule has 66 valence electrons. The van der Waals surface area contributed by atoms with Crippen LogP contribution in [0, 0.1) is 0 Å². The predicted octanol–water partition coefficient (Wildman–Crippen LogP) is 0.934. The first-order chi connectivity index (χ1) is 5.31. The highest BCUT2D eigenvalue weighted by Crippen LogP contribution is 1.88. The summed E-state index contributed by atoms with van der Waals surface area (Å²) in [7, 11) is 0. The lowest BCUT2D eigenvalue weighted by molar-refractivity contribution is -0.128. The van der Waals surface area contributed by atoms with Gasteiger partial charge in [0.25, 0.3) is 0 Å². The smallest absolute Gasteiger partial charge is 0.178 e. The Labute approximate surface area is 67.6 Å². The van der Waals surface area contributed by atoms with Crippen molar-refractivity contribution in [1.29, 1.82) is 0 Å². The third-order valence-electron chi connectivity index (χ3n) is 1.09. The van der Waals surface area contributed by atoms with Crippen LogP contribution in [0.3, 0.4) is 0 Å². The second-order valence-corrected chi connectivity index (χ2v) is 2.02. The van der Waals surface area contributed by atoms with Gasteiger partial charge in [0.2, 0.25) is 0 Å². The topological polar surface area (TPSA) is 38.7 Å². The van der Waals surface area contributed by atoms with Crippen molar-refractivity contribution in [3.8, 4) is 0 Å². The van der Waals surface area contributed by atoms with E-state index < -0.39 is 6.29 Å². The molecular weight excluding hydrogens is 144 g/mol. The maximum atomic E-state index is 9.03. The molecule has 0 aromatic carbocycles. The Bertz CT molecular complexity index is 102. The van der Waals surface area contributed by atoms with E-state index in [1.54, 1.807) is 0 Å². The van der Waals surface area contributed by atoms with Gasteiger partial charge in [0, 0.05) is 6.61 Å². The monoisotopic (exact) mass is 160 g/mol. The van der Waals surface area contributed by atoms with Crippen molar-refractivity contribution >= 4 is 0 Å². The van der Waals surface area contributed by atoms with Gasteiger partial charge in [-0.2, -0.15) is 0 Å². The Kier molecular flexibility index (Phi) is 7.46. The summed E-state index contributed by atoms with van der Waals surface area (Å²) in [6.07, 6.45) is 2.90. The molecule has 0 saturated heterocycles. The Morgan fingerprint density at radius 3 is 2.82 bits per heavy atom. The molecule has 0 bridgehead atoms. The summed E-state index contributed by atoms with van der Waals surface area (Å²) in [5.74, 6) is 0. The highest BCUT2D eigenvalue weighted by molar-refractivity contribution is 4.75. The lowest BCUT2D eigenvalue weighted by Crippen LogP contribution is -2.19. The van der Waals surface area contributed by atoms with Crippen LogP contribution in [-0.4, -0.2) is 31.2 Å². The number of rotatable bonds is 6. The fourth-order valence-corrected chi connectivity index (χ4v) is 0.530. The van der Waals surface area contributed by atoms with E-state index in [-0.39, 0.29) is 6.61 Å². The van der Waals surface area contributed by atoms with Crippen molar-refractivity contribution in [2.75, 3.05) is 19.8 Å². The summed E-state index contributed by atoms with van der Waals surface area (Å²) in [4.78, 5) is 0. The molecule has 3 heteroatoms. The minimum absolute atomic E-state index is 0.244. The summed E-state index contributed by atoms with van der Waals surface area (Å²) in [5, 5.41) is 9.03. The summed E-state index contributed by atoms with van der Waals surface area (Å²) in [6, 6.07) is 0. The molecule has 1 unspecified atom stereocenters. The van der Waals surface area contributed by atoms with Gasteiger partial charge >= 0.3 is 0 Å². The van der Waals surface area contributed by atoms with Crippen LogP contribution < -0.4 is 0 Å². The first kappa shape index (κ1) is 10.6. The molecule has 0 aromatic heterocycles. The molecule has 0 rings (SSSR count). The number of aliphatic hydroxyl groups excluding tert-OH is 1. The first-order valence-corrected chi connectivity index (χ1v) is 3.79. The van der Waals surface area contributed by atoms with E-state index in [0.29, 0.717) is 13.2 Å². The third-order valence-corrected chi connectivity index (χ3v) is 1.09. The lowest BCUT2D eigenvalue weighted by atomic mass is 10.5. The van der Waals surface area contributed by atoms with Crippen molar-refractivity contribution in [1.82, 2.24) is 0 Å². The molecule has 1 N–H and O–H groups in total. The largest absolute Gasteiger partial charge is 0.376 e. The van der Waals surface area contributed by atoms with Crippen molar-refractivity contribution in [3.05, 3.63) is 12.2 Å². The molecule has 0 amide bonds. The molecule has 0 fully saturated rings. The average molecular weight is 160 g/mol. The van der Waals surface area contributed by atoms with Crippen LogP contribution in [0.1, 0.15) is 13.8 Å². The Morgan fingerprint density at radius 1 is 1.55 bits per heavy atom. The molecule has 1 atom stereocenters.